The highest BCUT2D eigenvalue weighted by Crippen LogP contribution is 2.37. The molecule has 0 spiro atoms. The third kappa shape index (κ3) is 1.75. The highest BCUT2D eigenvalue weighted by Gasteiger charge is 2.25. The molecule has 1 aliphatic carbocycles. The molecule has 0 saturated heterocycles. The van der Waals surface area contributed by atoms with Gasteiger partial charge >= 0.3 is 0 Å². The normalized spacial score (nSPS) is 14.6. The molecule has 6 nitrogen and oxygen atoms in total. The van der Waals surface area contributed by atoms with Crippen molar-refractivity contribution in [2.45, 2.75) is 39.5 Å². The molecule has 0 atom stereocenters. The van der Waals surface area contributed by atoms with Gasteiger partial charge in [-0.15, -0.1) is 10.2 Å². The molecule has 0 aliphatic heterocycles. The Hall–Kier alpha value is -2.50. The second-order valence-electron chi connectivity index (χ2n) is 6.73. The molecule has 0 unspecified atom stereocenters. The molecule has 0 bridgehead atoms. The Kier molecular flexibility index (Phi) is 2.54. The largest absolute Gasteiger partial charge is 0.432 e. The summed E-state index contributed by atoms with van der Waals surface area (Å²) in [6.07, 6.45) is 7.74. The summed E-state index contributed by atoms with van der Waals surface area (Å²) in [5.74, 6) is 0.579. The molecule has 4 aromatic rings. The van der Waals surface area contributed by atoms with E-state index in [1.807, 2.05) is 0 Å². The van der Waals surface area contributed by atoms with Gasteiger partial charge in [0.1, 0.15) is 18.2 Å². The first-order chi connectivity index (χ1) is 11.2. The van der Waals surface area contributed by atoms with Gasteiger partial charge in [-0.05, 0) is 42.7 Å². The summed E-state index contributed by atoms with van der Waals surface area (Å²) in [5, 5.41) is 9.18. The first-order valence-electron chi connectivity index (χ1n) is 8.13. The Morgan fingerprint density at radius 2 is 2.09 bits per heavy atom. The zero-order valence-corrected chi connectivity index (χ0v) is 13.2. The van der Waals surface area contributed by atoms with E-state index in [1.165, 1.54) is 23.2 Å². The fraction of sp³-hybridized carbons (Fsp3) is 0.412. The van der Waals surface area contributed by atoms with E-state index >= 15 is 0 Å². The number of aryl methyl sites for hydroxylation is 1. The van der Waals surface area contributed by atoms with Crippen molar-refractivity contribution in [2.75, 3.05) is 0 Å². The van der Waals surface area contributed by atoms with Gasteiger partial charge in [0, 0.05) is 5.69 Å². The summed E-state index contributed by atoms with van der Waals surface area (Å²) < 4.78 is 7.85. The van der Waals surface area contributed by atoms with E-state index in [0.29, 0.717) is 22.9 Å². The number of pyridine rings is 1. The maximum Gasteiger partial charge on any atom is 0.229 e. The lowest BCUT2D eigenvalue weighted by atomic mass is 9.99. The second-order valence-corrected chi connectivity index (χ2v) is 6.73. The quantitative estimate of drug-likeness (QED) is 0.569. The molecule has 23 heavy (non-hydrogen) atoms. The van der Waals surface area contributed by atoms with Crippen LogP contribution >= 0.6 is 0 Å². The van der Waals surface area contributed by atoms with E-state index in [2.05, 4.69) is 29.0 Å². The minimum absolute atomic E-state index is 0.579. The molecule has 0 aromatic carbocycles. The number of nitrogens with zero attached hydrogens (tertiary/aromatic N) is 5. The fourth-order valence-electron chi connectivity index (χ4n) is 3.73. The highest BCUT2D eigenvalue weighted by atomic mass is 16.3. The van der Waals surface area contributed by atoms with Crippen LogP contribution < -0.4 is 0 Å². The molecule has 0 N–H and O–H groups in total. The number of rotatable bonds is 2. The Balaban J connectivity index is 1.91. The number of furan rings is 1. The van der Waals surface area contributed by atoms with Gasteiger partial charge in [0.15, 0.2) is 0 Å². The summed E-state index contributed by atoms with van der Waals surface area (Å²) in [6.45, 7) is 4.46. The summed E-state index contributed by atoms with van der Waals surface area (Å²) in [5.41, 5.74) is 6.92. The van der Waals surface area contributed by atoms with Crippen molar-refractivity contribution < 1.29 is 4.42 Å². The number of hydrogen-bond acceptors (Lipinski definition) is 5. The van der Waals surface area contributed by atoms with Crippen LogP contribution in [-0.2, 0) is 19.3 Å². The topological polar surface area (TPSA) is 69.1 Å². The zero-order chi connectivity index (χ0) is 15.6. The van der Waals surface area contributed by atoms with Gasteiger partial charge < -0.3 is 4.42 Å². The van der Waals surface area contributed by atoms with Crippen LogP contribution in [0.5, 0.6) is 0 Å². The minimum atomic E-state index is 0.579. The van der Waals surface area contributed by atoms with Gasteiger partial charge in [-0.2, -0.15) is 0 Å². The van der Waals surface area contributed by atoms with Gasteiger partial charge in [-0.3, -0.25) is 4.40 Å². The van der Waals surface area contributed by atoms with Crippen LogP contribution in [0.25, 0.3) is 27.8 Å². The van der Waals surface area contributed by atoms with Gasteiger partial charge in [0.25, 0.3) is 0 Å². The lowest BCUT2D eigenvalue weighted by molar-refractivity contribution is 0.617. The lowest BCUT2D eigenvalue weighted by Crippen LogP contribution is -2.03. The van der Waals surface area contributed by atoms with Crippen molar-refractivity contribution >= 4 is 27.8 Å². The van der Waals surface area contributed by atoms with Gasteiger partial charge in [0.05, 0.1) is 5.39 Å². The molecule has 5 rings (SSSR count). The predicted molar refractivity (Wildman–Crippen MR) is 86.4 cm³/mol. The molecule has 0 amide bonds. The SMILES string of the molecule is CC(C)Cc1nc2oc3c(ncn4cnnc34)c2c2c1CCC2. The molecule has 4 aromatic heterocycles. The van der Waals surface area contributed by atoms with E-state index in [-0.39, 0.29) is 0 Å². The van der Waals surface area contributed by atoms with Crippen molar-refractivity contribution in [3.63, 3.8) is 0 Å². The van der Waals surface area contributed by atoms with Crippen LogP contribution in [0.1, 0.15) is 37.1 Å². The van der Waals surface area contributed by atoms with Crippen LogP contribution in [0.2, 0.25) is 0 Å². The lowest BCUT2D eigenvalue weighted by Gasteiger charge is -2.10. The van der Waals surface area contributed by atoms with E-state index in [0.717, 1.165) is 30.2 Å². The zero-order valence-electron chi connectivity index (χ0n) is 13.2. The Morgan fingerprint density at radius 1 is 1.22 bits per heavy atom. The molecule has 0 saturated carbocycles. The first kappa shape index (κ1) is 13.0. The van der Waals surface area contributed by atoms with Crippen LogP contribution in [0.4, 0.5) is 0 Å². The molecule has 0 fully saturated rings. The van der Waals surface area contributed by atoms with Crippen molar-refractivity contribution in [2.24, 2.45) is 5.92 Å². The molecule has 1 aliphatic rings. The molecule has 6 heteroatoms. The van der Waals surface area contributed by atoms with Gasteiger partial charge in [-0.25, -0.2) is 9.97 Å². The van der Waals surface area contributed by atoms with Crippen molar-refractivity contribution in [3.05, 3.63) is 29.5 Å². The summed E-state index contributed by atoms with van der Waals surface area (Å²) >= 11 is 0. The van der Waals surface area contributed by atoms with Crippen LogP contribution in [0, 0.1) is 5.92 Å². The molecular weight excluding hydrogens is 290 g/mol. The van der Waals surface area contributed by atoms with Crippen molar-refractivity contribution in [3.8, 4) is 0 Å². The second kappa shape index (κ2) is 4.50. The third-order valence-corrected chi connectivity index (χ3v) is 4.66. The smallest absolute Gasteiger partial charge is 0.229 e. The van der Waals surface area contributed by atoms with E-state index in [9.17, 15) is 0 Å². The fourth-order valence-corrected chi connectivity index (χ4v) is 3.73. The monoisotopic (exact) mass is 307 g/mol. The van der Waals surface area contributed by atoms with E-state index in [1.54, 1.807) is 17.1 Å². The van der Waals surface area contributed by atoms with Crippen LogP contribution in [0.15, 0.2) is 17.1 Å². The van der Waals surface area contributed by atoms with Gasteiger partial charge in [0.2, 0.25) is 16.9 Å². The van der Waals surface area contributed by atoms with Crippen LogP contribution in [-0.4, -0.2) is 24.6 Å². The molecule has 0 radical (unpaired) electrons. The Labute approximate surface area is 132 Å². The molecular formula is C17H17N5O. The number of aromatic nitrogens is 5. The summed E-state index contributed by atoms with van der Waals surface area (Å²) in [7, 11) is 0. The predicted octanol–water partition coefficient (Wildman–Crippen LogP) is 3.11. The minimum Gasteiger partial charge on any atom is -0.432 e. The van der Waals surface area contributed by atoms with E-state index in [4.69, 9.17) is 9.40 Å². The van der Waals surface area contributed by atoms with Crippen molar-refractivity contribution in [1.29, 1.82) is 0 Å². The maximum absolute atomic E-state index is 6.07. The van der Waals surface area contributed by atoms with Crippen molar-refractivity contribution in [1.82, 2.24) is 24.6 Å². The van der Waals surface area contributed by atoms with Gasteiger partial charge in [-0.1, -0.05) is 13.8 Å². The first-order valence-corrected chi connectivity index (χ1v) is 8.13. The highest BCUT2D eigenvalue weighted by molar-refractivity contribution is 6.07. The average molecular weight is 307 g/mol. The Morgan fingerprint density at radius 3 is 2.96 bits per heavy atom. The number of hydrogen-bond donors (Lipinski definition) is 0. The summed E-state index contributed by atoms with van der Waals surface area (Å²) in [6, 6.07) is 0. The molecule has 116 valence electrons. The Bertz CT molecular complexity index is 1060. The summed E-state index contributed by atoms with van der Waals surface area (Å²) in [4.78, 5) is 9.44. The van der Waals surface area contributed by atoms with Crippen LogP contribution in [0.3, 0.4) is 0 Å². The average Bonchev–Trinajstić information content (AvgIpc) is 3.22. The third-order valence-electron chi connectivity index (χ3n) is 4.66. The number of fused-ring (bicyclic) bond motifs is 7. The maximum atomic E-state index is 6.07. The molecule has 4 heterocycles. The standard InChI is InChI=1S/C17H17N5O/c1-9(2)6-12-10-4-3-5-11(10)13-14-15(23-17(13)20-12)16-21-19-8-22(16)7-18-14/h7-9H,3-6H2,1-2H3. The van der Waals surface area contributed by atoms with E-state index < -0.39 is 0 Å².